The van der Waals surface area contributed by atoms with Gasteiger partial charge in [-0.3, -0.25) is 9.88 Å². The molecule has 1 fully saturated rings. The molecule has 1 aromatic carbocycles. The Hall–Kier alpha value is -1.45. The van der Waals surface area contributed by atoms with Gasteiger partial charge in [0.15, 0.2) is 0 Å². The molecule has 1 aliphatic rings. The zero-order chi connectivity index (χ0) is 11.0. The molecule has 1 aliphatic heterocycles. The monoisotopic (exact) mass is 214 g/mol. The summed E-state index contributed by atoms with van der Waals surface area (Å²) in [5, 5.41) is 10.4. The second kappa shape index (κ2) is 3.85. The summed E-state index contributed by atoms with van der Waals surface area (Å²) in [5.74, 6) is 0. The molecule has 0 spiro atoms. The van der Waals surface area contributed by atoms with E-state index in [1.54, 1.807) is 0 Å². The molecule has 82 valence electrons. The van der Waals surface area contributed by atoms with Gasteiger partial charge in [-0.2, -0.15) is 0 Å². The summed E-state index contributed by atoms with van der Waals surface area (Å²) < 4.78 is 0. The number of benzene rings is 1. The number of aliphatic hydroxyl groups is 1. The quantitative estimate of drug-likeness (QED) is 0.821. The molecule has 1 aromatic heterocycles. The Labute approximate surface area is 94.3 Å². The molecule has 0 radical (unpaired) electrons. The first-order valence-electron chi connectivity index (χ1n) is 5.56. The summed E-state index contributed by atoms with van der Waals surface area (Å²) in [5.41, 5.74) is 2.12. The molecular weight excluding hydrogens is 200 g/mol. The maximum Gasteiger partial charge on any atom is 0.0794 e. The summed E-state index contributed by atoms with van der Waals surface area (Å²) in [4.78, 5) is 6.79. The van der Waals surface area contributed by atoms with E-state index in [-0.39, 0.29) is 6.10 Å². The SMILES string of the molecule is OC1CN(Cc2ccc3ccccc3n2)C1. The minimum absolute atomic E-state index is 0.138. The Bertz CT molecular complexity index is 506. The minimum atomic E-state index is -0.138. The first-order valence-corrected chi connectivity index (χ1v) is 5.56. The lowest BCUT2D eigenvalue weighted by atomic mass is 10.1. The molecule has 2 heterocycles. The number of aliphatic hydroxyl groups excluding tert-OH is 1. The molecule has 2 aromatic rings. The molecular formula is C13H14N2O. The summed E-state index contributed by atoms with van der Waals surface area (Å²) in [6, 6.07) is 12.3. The molecule has 3 rings (SSSR count). The number of pyridine rings is 1. The van der Waals surface area contributed by atoms with Gasteiger partial charge in [0.25, 0.3) is 0 Å². The van der Waals surface area contributed by atoms with Crippen LogP contribution in [0, 0.1) is 0 Å². The van der Waals surface area contributed by atoms with Gasteiger partial charge in [-0.05, 0) is 12.1 Å². The van der Waals surface area contributed by atoms with E-state index in [1.807, 2.05) is 18.2 Å². The first-order chi connectivity index (χ1) is 7.81. The molecule has 0 saturated carbocycles. The number of likely N-dealkylation sites (tertiary alicyclic amines) is 1. The third-order valence-electron chi connectivity index (χ3n) is 2.98. The van der Waals surface area contributed by atoms with Crippen LogP contribution in [0.25, 0.3) is 10.9 Å². The average Bonchev–Trinajstić information content (AvgIpc) is 2.27. The van der Waals surface area contributed by atoms with Gasteiger partial charge in [0.2, 0.25) is 0 Å². The minimum Gasteiger partial charge on any atom is -0.390 e. The topological polar surface area (TPSA) is 36.4 Å². The molecule has 1 saturated heterocycles. The highest BCUT2D eigenvalue weighted by Crippen LogP contribution is 2.15. The highest BCUT2D eigenvalue weighted by molar-refractivity contribution is 5.78. The maximum absolute atomic E-state index is 9.21. The van der Waals surface area contributed by atoms with Gasteiger partial charge in [-0.1, -0.05) is 24.3 Å². The molecule has 1 N–H and O–H groups in total. The average molecular weight is 214 g/mol. The predicted molar refractivity (Wildman–Crippen MR) is 63.0 cm³/mol. The van der Waals surface area contributed by atoms with Crippen molar-refractivity contribution in [1.29, 1.82) is 0 Å². The Balaban J connectivity index is 1.82. The second-order valence-electron chi connectivity index (χ2n) is 4.34. The zero-order valence-corrected chi connectivity index (χ0v) is 9.00. The lowest BCUT2D eigenvalue weighted by molar-refractivity contribution is -0.00348. The highest BCUT2D eigenvalue weighted by atomic mass is 16.3. The summed E-state index contributed by atoms with van der Waals surface area (Å²) >= 11 is 0. The van der Waals surface area contributed by atoms with E-state index in [2.05, 4.69) is 28.1 Å². The van der Waals surface area contributed by atoms with E-state index >= 15 is 0 Å². The van der Waals surface area contributed by atoms with E-state index in [1.165, 1.54) is 5.39 Å². The van der Waals surface area contributed by atoms with Gasteiger partial charge >= 0.3 is 0 Å². The van der Waals surface area contributed by atoms with Crippen LogP contribution >= 0.6 is 0 Å². The Morgan fingerprint density at radius 1 is 1.19 bits per heavy atom. The second-order valence-corrected chi connectivity index (χ2v) is 4.34. The number of aromatic nitrogens is 1. The molecule has 0 atom stereocenters. The molecule has 3 heteroatoms. The van der Waals surface area contributed by atoms with Crippen molar-refractivity contribution in [3.05, 3.63) is 42.1 Å². The van der Waals surface area contributed by atoms with Crippen LogP contribution in [-0.2, 0) is 6.54 Å². The van der Waals surface area contributed by atoms with E-state index < -0.39 is 0 Å². The van der Waals surface area contributed by atoms with E-state index in [9.17, 15) is 5.11 Å². The van der Waals surface area contributed by atoms with E-state index in [0.29, 0.717) is 0 Å². The number of fused-ring (bicyclic) bond motifs is 1. The Kier molecular flexibility index (Phi) is 2.35. The standard InChI is InChI=1S/C13H14N2O/c16-12-8-15(9-12)7-11-6-5-10-3-1-2-4-13(10)14-11/h1-6,12,16H,7-9H2. The van der Waals surface area contributed by atoms with Crippen LogP contribution < -0.4 is 0 Å². The number of hydrogen-bond donors (Lipinski definition) is 1. The van der Waals surface area contributed by atoms with Crippen molar-refractivity contribution in [3.63, 3.8) is 0 Å². The van der Waals surface area contributed by atoms with Crippen LogP contribution in [0.2, 0.25) is 0 Å². The first kappa shape index (κ1) is 9.75. The number of nitrogens with zero attached hydrogens (tertiary/aromatic N) is 2. The zero-order valence-electron chi connectivity index (χ0n) is 9.00. The van der Waals surface area contributed by atoms with Crippen molar-refractivity contribution in [2.45, 2.75) is 12.6 Å². The van der Waals surface area contributed by atoms with Gasteiger partial charge in [-0.15, -0.1) is 0 Å². The number of hydrogen-bond acceptors (Lipinski definition) is 3. The third-order valence-corrected chi connectivity index (χ3v) is 2.98. The third kappa shape index (κ3) is 1.79. The van der Waals surface area contributed by atoms with Crippen molar-refractivity contribution in [3.8, 4) is 0 Å². The van der Waals surface area contributed by atoms with E-state index in [4.69, 9.17) is 0 Å². The van der Waals surface area contributed by atoms with Crippen LogP contribution in [0.4, 0.5) is 0 Å². The van der Waals surface area contributed by atoms with Crippen LogP contribution in [0.1, 0.15) is 5.69 Å². The molecule has 0 aliphatic carbocycles. The normalized spacial score (nSPS) is 17.6. The van der Waals surface area contributed by atoms with Crippen molar-refractivity contribution >= 4 is 10.9 Å². The Morgan fingerprint density at radius 2 is 2.00 bits per heavy atom. The largest absolute Gasteiger partial charge is 0.390 e. The molecule has 0 amide bonds. The van der Waals surface area contributed by atoms with Gasteiger partial charge in [-0.25, -0.2) is 0 Å². The van der Waals surface area contributed by atoms with Crippen LogP contribution in [-0.4, -0.2) is 34.2 Å². The van der Waals surface area contributed by atoms with Crippen molar-refractivity contribution in [2.75, 3.05) is 13.1 Å². The fraction of sp³-hybridized carbons (Fsp3) is 0.308. The highest BCUT2D eigenvalue weighted by Gasteiger charge is 2.24. The molecule has 16 heavy (non-hydrogen) atoms. The number of para-hydroxylation sites is 1. The van der Waals surface area contributed by atoms with Gasteiger partial charge < -0.3 is 5.11 Å². The number of rotatable bonds is 2. The summed E-state index contributed by atoms with van der Waals surface area (Å²) in [6.07, 6.45) is -0.138. The van der Waals surface area contributed by atoms with Crippen molar-refractivity contribution < 1.29 is 5.11 Å². The number of β-amino-alcohol motifs (C(OH)–C–C–N with tert-alkyl or cyclic N) is 1. The Morgan fingerprint density at radius 3 is 2.81 bits per heavy atom. The molecule has 0 unspecified atom stereocenters. The van der Waals surface area contributed by atoms with Crippen LogP contribution in [0.15, 0.2) is 36.4 Å². The van der Waals surface area contributed by atoms with Crippen LogP contribution in [0.5, 0.6) is 0 Å². The van der Waals surface area contributed by atoms with E-state index in [0.717, 1.165) is 30.8 Å². The van der Waals surface area contributed by atoms with Crippen LogP contribution in [0.3, 0.4) is 0 Å². The fourth-order valence-electron chi connectivity index (χ4n) is 2.10. The van der Waals surface area contributed by atoms with Crippen molar-refractivity contribution in [2.24, 2.45) is 0 Å². The summed E-state index contributed by atoms with van der Waals surface area (Å²) in [6.45, 7) is 2.38. The lowest BCUT2D eigenvalue weighted by Gasteiger charge is -2.35. The fourth-order valence-corrected chi connectivity index (χ4v) is 2.10. The van der Waals surface area contributed by atoms with Gasteiger partial charge in [0, 0.05) is 25.0 Å². The predicted octanol–water partition coefficient (Wildman–Crippen LogP) is 1.41. The smallest absolute Gasteiger partial charge is 0.0794 e. The molecule has 3 nitrogen and oxygen atoms in total. The van der Waals surface area contributed by atoms with Gasteiger partial charge in [0.05, 0.1) is 17.3 Å². The lowest BCUT2D eigenvalue weighted by Crippen LogP contribution is -2.49. The molecule has 0 bridgehead atoms. The van der Waals surface area contributed by atoms with Crippen molar-refractivity contribution in [1.82, 2.24) is 9.88 Å². The maximum atomic E-state index is 9.21. The summed E-state index contributed by atoms with van der Waals surface area (Å²) in [7, 11) is 0. The van der Waals surface area contributed by atoms with Gasteiger partial charge in [0.1, 0.15) is 0 Å².